The van der Waals surface area contributed by atoms with Gasteiger partial charge in [-0.15, -0.1) is 0 Å². The summed E-state index contributed by atoms with van der Waals surface area (Å²) in [5, 5.41) is 5.04. The molecule has 4 heteroatoms. The standard InChI is InChI=1S/2C21H17.C2H7Si.2ClH.Zr/c2*1-14-9-19-10-15(2)12-21(19)20(11-14)18-8-7-16-5-3-4-6-17(16)13-18;1-3-2;;;/h2*3-13H,1-2H3;3H,1-2H3;2*1H;/q;;;;;+2/p-2. The van der Waals surface area contributed by atoms with Crippen molar-refractivity contribution < 1.29 is 15.6 Å². The van der Waals surface area contributed by atoms with Crippen molar-refractivity contribution in [3.8, 4) is 22.3 Å². The zero-order chi connectivity index (χ0) is 33.6. The zero-order valence-corrected chi connectivity index (χ0v) is 33.7. The minimum absolute atomic E-state index is 0.0690. The number of hydrogen-bond acceptors (Lipinski definition) is 0. The minimum atomic E-state index is -4.81. The van der Waals surface area contributed by atoms with Gasteiger partial charge in [0.25, 0.3) is 0 Å². The molecule has 0 saturated heterocycles. The molecule has 8 rings (SSSR count). The summed E-state index contributed by atoms with van der Waals surface area (Å²) >= 11 is -4.81. The molecule has 0 spiro atoms. The van der Waals surface area contributed by atoms with E-state index in [-0.39, 0.29) is 7.25 Å². The van der Waals surface area contributed by atoms with Crippen LogP contribution in [0.15, 0.2) is 120 Å². The number of fused-ring (bicyclic) bond motifs is 4. The Labute approximate surface area is 293 Å². The molecule has 0 aliphatic heterocycles. The molecule has 0 amide bonds. The first-order valence-corrected chi connectivity index (χ1v) is 33.5. The molecule has 0 radical (unpaired) electrons. The van der Waals surface area contributed by atoms with Crippen LogP contribution in [0.2, 0.25) is 13.1 Å². The van der Waals surface area contributed by atoms with Crippen molar-refractivity contribution in [2.75, 3.05) is 0 Å². The third-order valence-electron chi connectivity index (χ3n) is 11.3. The predicted octanol–water partition coefficient (Wildman–Crippen LogP) is 13.5. The topological polar surface area (TPSA) is 0 Å². The number of benzene rings is 6. The van der Waals surface area contributed by atoms with Crippen LogP contribution < -0.4 is 0 Å². The average molecular weight is 760 g/mol. The first kappa shape index (κ1) is 32.2. The van der Waals surface area contributed by atoms with Crippen LogP contribution in [-0.4, -0.2) is 5.92 Å². The van der Waals surface area contributed by atoms with Gasteiger partial charge in [0.2, 0.25) is 0 Å². The Morgan fingerprint density at radius 1 is 0.500 bits per heavy atom. The van der Waals surface area contributed by atoms with Gasteiger partial charge in [-0.2, -0.15) is 0 Å². The number of hydrogen-bond donors (Lipinski definition) is 0. The van der Waals surface area contributed by atoms with E-state index in [1.165, 1.54) is 88.3 Å². The molecule has 0 nitrogen and oxygen atoms in total. The van der Waals surface area contributed by atoms with Gasteiger partial charge < -0.3 is 0 Å². The van der Waals surface area contributed by atoms with Crippen LogP contribution in [-0.2, 0) is 15.6 Å². The van der Waals surface area contributed by atoms with Gasteiger partial charge in [0.15, 0.2) is 0 Å². The Bertz CT molecular complexity index is 2220. The second-order valence-corrected chi connectivity index (χ2v) is 57.3. The molecular weight excluding hydrogens is 719 g/mol. The van der Waals surface area contributed by atoms with E-state index in [0.717, 1.165) is 0 Å². The van der Waals surface area contributed by atoms with E-state index in [2.05, 4.69) is 162 Å². The van der Waals surface area contributed by atoms with Crippen molar-refractivity contribution in [3.05, 3.63) is 154 Å². The average Bonchev–Trinajstić information content (AvgIpc) is 3.59. The van der Waals surface area contributed by atoms with Crippen molar-refractivity contribution >= 4 is 56.6 Å². The summed E-state index contributed by atoms with van der Waals surface area (Å²) in [6.45, 7) is 13.9. The molecule has 6 aromatic rings. The Hall–Kier alpha value is -3.00. The molecule has 48 heavy (non-hydrogen) atoms. The zero-order valence-electron chi connectivity index (χ0n) is 28.5. The van der Waals surface area contributed by atoms with Gasteiger partial charge in [0.1, 0.15) is 0 Å². The van der Waals surface area contributed by atoms with Crippen LogP contribution in [0.4, 0.5) is 0 Å². The summed E-state index contributed by atoms with van der Waals surface area (Å²) in [5.74, 6) is -1.63. The number of rotatable bonds is 5. The second kappa shape index (κ2) is 11.5. The first-order valence-electron chi connectivity index (χ1n) is 17.1. The molecule has 2 unspecified atom stereocenters. The maximum absolute atomic E-state index is 8.60. The molecular formula is C44H41Cl2SiZr. The van der Waals surface area contributed by atoms with Gasteiger partial charge in [-0.25, -0.2) is 0 Å². The fourth-order valence-corrected chi connectivity index (χ4v) is 41.9. The Balaban J connectivity index is 1.31. The van der Waals surface area contributed by atoms with E-state index in [1.54, 1.807) is 0 Å². The quantitative estimate of drug-likeness (QED) is 0.154. The molecule has 2 aliphatic carbocycles. The summed E-state index contributed by atoms with van der Waals surface area (Å²) in [5.41, 5.74) is 15.5. The molecule has 2 aliphatic rings. The van der Waals surface area contributed by atoms with E-state index in [0.29, 0.717) is 0 Å². The van der Waals surface area contributed by atoms with E-state index in [4.69, 9.17) is 17.0 Å². The Morgan fingerprint density at radius 3 is 1.29 bits per heavy atom. The normalized spacial score (nSPS) is 18.1. The van der Waals surface area contributed by atoms with E-state index in [9.17, 15) is 0 Å². The van der Waals surface area contributed by atoms with Gasteiger partial charge in [-0.3, -0.25) is 0 Å². The van der Waals surface area contributed by atoms with Gasteiger partial charge >= 0.3 is 296 Å². The van der Waals surface area contributed by atoms with Gasteiger partial charge in [-0.1, -0.05) is 0 Å². The summed E-state index contributed by atoms with van der Waals surface area (Å²) in [6, 6.07) is 40.5. The molecule has 239 valence electrons. The fourth-order valence-electron chi connectivity index (χ4n) is 9.05. The number of allylic oxidation sites excluding steroid dienone is 2. The fraction of sp³-hybridized carbons (Fsp3) is 0.182. The van der Waals surface area contributed by atoms with Crippen LogP contribution >= 0.6 is 17.0 Å². The Morgan fingerprint density at radius 2 is 0.896 bits per heavy atom. The van der Waals surface area contributed by atoms with Crippen LogP contribution in [0.25, 0.3) is 56.0 Å². The predicted molar refractivity (Wildman–Crippen MR) is 212 cm³/mol. The van der Waals surface area contributed by atoms with Crippen molar-refractivity contribution in [2.24, 2.45) is 0 Å². The van der Waals surface area contributed by atoms with E-state index >= 15 is 0 Å². The Kier molecular flexibility index (Phi) is 7.74. The SMILES string of the molecule is CC1=Cc2c(-c3ccc4ccccc4c3)cc(C)cc2[CH]1[Zr]([Cl])([Cl])([CH]1C(C)=Cc2c(-c3ccc4ccccc4c3)cc(C)cc21)[SiH](C)C. The first-order chi connectivity index (χ1) is 22.9. The molecule has 6 aromatic carbocycles. The molecule has 0 saturated carbocycles. The number of aryl methyl sites for hydroxylation is 2. The molecule has 0 bridgehead atoms. The van der Waals surface area contributed by atoms with E-state index in [1.807, 2.05) is 0 Å². The van der Waals surface area contributed by atoms with Crippen LogP contribution in [0.5, 0.6) is 0 Å². The molecule has 2 atom stereocenters. The molecule has 0 N–H and O–H groups in total. The summed E-state index contributed by atoms with van der Waals surface area (Å²) < 4.78 is 0.138. The van der Waals surface area contributed by atoms with Crippen LogP contribution in [0.1, 0.15) is 54.5 Å². The third-order valence-corrected chi connectivity index (χ3v) is 63.6. The summed E-state index contributed by atoms with van der Waals surface area (Å²) in [7, 11) is 17.2. The maximum atomic E-state index is 8.60. The monoisotopic (exact) mass is 757 g/mol. The summed E-state index contributed by atoms with van der Waals surface area (Å²) in [4.78, 5) is 0. The van der Waals surface area contributed by atoms with Crippen molar-refractivity contribution in [3.63, 3.8) is 0 Å². The number of halogens is 2. The van der Waals surface area contributed by atoms with Gasteiger partial charge in [-0.05, 0) is 0 Å². The van der Waals surface area contributed by atoms with Gasteiger partial charge in [0.05, 0.1) is 0 Å². The third kappa shape index (κ3) is 4.85. The van der Waals surface area contributed by atoms with Crippen molar-refractivity contribution in [1.82, 2.24) is 0 Å². The van der Waals surface area contributed by atoms with Crippen LogP contribution in [0.3, 0.4) is 0 Å². The molecule has 0 heterocycles. The van der Waals surface area contributed by atoms with Crippen LogP contribution in [0, 0.1) is 13.8 Å². The second-order valence-electron chi connectivity index (χ2n) is 14.8. The van der Waals surface area contributed by atoms with E-state index < -0.39 is 21.5 Å². The van der Waals surface area contributed by atoms with Gasteiger partial charge in [0, 0.05) is 0 Å². The molecule has 0 fully saturated rings. The molecule has 0 aromatic heterocycles. The van der Waals surface area contributed by atoms with Crippen molar-refractivity contribution in [2.45, 2.75) is 48.0 Å². The van der Waals surface area contributed by atoms with Crippen molar-refractivity contribution in [1.29, 1.82) is 0 Å². The summed E-state index contributed by atoms with van der Waals surface area (Å²) in [6.07, 6.45) is 4.84.